The van der Waals surface area contributed by atoms with Crippen molar-refractivity contribution in [3.05, 3.63) is 82.3 Å². The van der Waals surface area contributed by atoms with Crippen LogP contribution in [0.2, 0.25) is 10.0 Å². The fourth-order valence-corrected chi connectivity index (χ4v) is 3.79. The first kappa shape index (κ1) is 21.2. The number of amides is 2. The molecule has 2 amide bonds. The van der Waals surface area contributed by atoms with E-state index in [4.69, 9.17) is 27.9 Å². The highest BCUT2D eigenvalue weighted by Gasteiger charge is 2.36. The molecule has 0 aromatic heterocycles. The molecule has 7 heteroatoms. The summed E-state index contributed by atoms with van der Waals surface area (Å²) in [5.41, 5.74) is 2.31. The third-order valence-electron chi connectivity index (χ3n) is 5.07. The lowest BCUT2D eigenvalue weighted by molar-refractivity contribution is -0.122. The van der Waals surface area contributed by atoms with Gasteiger partial charge in [-0.25, -0.2) is 0 Å². The molecule has 0 aliphatic carbocycles. The van der Waals surface area contributed by atoms with Crippen molar-refractivity contribution in [2.45, 2.75) is 13.3 Å². The first-order valence-electron chi connectivity index (χ1n) is 9.80. The summed E-state index contributed by atoms with van der Waals surface area (Å²) < 4.78 is 5.80. The lowest BCUT2D eigenvalue weighted by Crippen LogP contribution is -2.28. The molecule has 1 atom stereocenters. The van der Waals surface area contributed by atoms with Crippen molar-refractivity contribution in [2.24, 2.45) is 5.92 Å². The van der Waals surface area contributed by atoms with Crippen LogP contribution in [0.4, 0.5) is 11.4 Å². The zero-order chi connectivity index (χ0) is 22.0. The Balaban J connectivity index is 1.38. The highest BCUT2D eigenvalue weighted by Crippen LogP contribution is 2.34. The largest absolute Gasteiger partial charge is 0.457 e. The summed E-state index contributed by atoms with van der Waals surface area (Å²) in [6.45, 7) is 2.27. The van der Waals surface area contributed by atoms with Crippen LogP contribution in [0.15, 0.2) is 66.7 Å². The smallest absolute Gasteiger partial charge is 0.229 e. The van der Waals surface area contributed by atoms with Crippen LogP contribution in [0.1, 0.15) is 12.0 Å². The molecule has 1 saturated heterocycles. The van der Waals surface area contributed by atoms with E-state index in [1.54, 1.807) is 42.5 Å². The van der Waals surface area contributed by atoms with Gasteiger partial charge < -0.3 is 15.0 Å². The highest BCUT2D eigenvalue weighted by molar-refractivity contribution is 6.36. The number of rotatable bonds is 5. The average Bonchev–Trinajstić information content (AvgIpc) is 3.14. The van der Waals surface area contributed by atoms with Crippen molar-refractivity contribution in [1.29, 1.82) is 0 Å². The molecule has 1 N–H and O–H groups in total. The van der Waals surface area contributed by atoms with Crippen molar-refractivity contribution in [3.8, 4) is 11.5 Å². The molecule has 158 valence electrons. The molecule has 3 aromatic carbocycles. The van der Waals surface area contributed by atoms with Crippen molar-refractivity contribution in [3.63, 3.8) is 0 Å². The van der Waals surface area contributed by atoms with Gasteiger partial charge in [0.1, 0.15) is 11.5 Å². The molecule has 1 aliphatic rings. The van der Waals surface area contributed by atoms with Crippen LogP contribution >= 0.6 is 23.2 Å². The van der Waals surface area contributed by atoms with E-state index in [-0.39, 0.29) is 24.8 Å². The van der Waals surface area contributed by atoms with Gasteiger partial charge in [0.05, 0.1) is 16.6 Å². The molecule has 31 heavy (non-hydrogen) atoms. The van der Waals surface area contributed by atoms with Crippen molar-refractivity contribution in [2.75, 3.05) is 16.8 Å². The Hall–Kier alpha value is -3.02. The van der Waals surface area contributed by atoms with E-state index >= 15 is 0 Å². The quantitative estimate of drug-likeness (QED) is 0.507. The molecule has 0 radical (unpaired) electrons. The van der Waals surface area contributed by atoms with Gasteiger partial charge in [-0.1, -0.05) is 40.9 Å². The Morgan fingerprint density at radius 2 is 1.65 bits per heavy atom. The third kappa shape index (κ3) is 5.01. The summed E-state index contributed by atoms with van der Waals surface area (Å²) in [5, 5.41) is 3.77. The summed E-state index contributed by atoms with van der Waals surface area (Å²) in [7, 11) is 0. The molecule has 3 aromatic rings. The van der Waals surface area contributed by atoms with Gasteiger partial charge in [-0.3, -0.25) is 9.59 Å². The van der Waals surface area contributed by atoms with E-state index in [0.29, 0.717) is 27.2 Å². The van der Waals surface area contributed by atoms with E-state index in [1.165, 1.54) is 4.90 Å². The number of anilines is 2. The van der Waals surface area contributed by atoms with Crippen LogP contribution in [0.3, 0.4) is 0 Å². The summed E-state index contributed by atoms with van der Waals surface area (Å²) in [6.07, 6.45) is 0.114. The Labute approximate surface area is 190 Å². The number of aryl methyl sites for hydroxylation is 1. The number of carbonyl (C=O) groups is 2. The standard InChI is InChI=1S/C24H20Cl2N2O3/c1-15-2-7-19(8-3-15)31-20-9-5-18(6-10-20)27-24(30)16-12-23(29)28(14-16)22-13-17(25)4-11-21(22)26/h2-11,13,16H,12,14H2,1H3,(H,27,30)/t16-/m0/s1. The number of ether oxygens (including phenoxy) is 1. The number of benzene rings is 3. The SMILES string of the molecule is Cc1ccc(Oc2ccc(NC(=O)[C@H]3CC(=O)N(c4cc(Cl)ccc4Cl)C3)cc2)cc1. The number of hydrogen-bond acceptors (Lipinski definition) is 3. The minimum Gasteiger partial charge on any atom is -0.457 e. The summed E-state index contributed by atoms with van der Waals surface area (Å²) in [6, 6.07) is 19.8. The molecule has 0 saturated carbocycles. The van der Waals surface area contributed by atoms with E-state index in [9.17, 15) is 9.59 Å². The molecular weight excluding hydrogens is 435 g/mol. The molecule has 1 fully saturated rings. The first-order valence-corrected chi connectivity index (χ1v) is 10.6. The van der Waals surface area contributed by atoms with Crippen LogP contribution in [-0.2, 0) is 9.59 Å². The van der Waals surface area contributed by atoms with Crippen molar-refractivity contribution >= 4 is 46.4 Å². The van der Waals surface area contributed by atoms with Gasteiger partial charge in [0.15, 0.2) is 0 Å². The Kier molecular flexibility index (Phi) is 6.16. The highest BCUT2D eigenvalue weighted by atomic mass is 35.5. The minimum atomic E-state index is -0.481. The molecular formula is C24H20Cl2N2O3. The van der Waals surface area contributed by atoms with Crippen molar-refractivity contribution < 1.29 is 14.3 Å². The van der Waals surface area contributed by atoms with Crippen LogP contribution in [0, 0.1) is 12.8 Å². The zero-order valence-corrected chi connectivity index (χ0v) is 18.3. The van der Waals surface area contributed by atoms with Gasteiger partial charge in [-0.15, -0.1) is 0 Å². The Morgan fingerprint density at radius 1 is 1.00 bits per heavy atom. The number of halogens is 2. The van der Waals surface area contributed by atoms with Crippen LogP contribution in [0.25, 0.3) is 0 Å². The second-order valence-electron chi connectivity index (χ2n) is 7.43. The molecule has 1 heterocycles. The lowest BCUT2D eigenvalue weighted by atomic mass is 10.1. The van der Waals surface area contributed by atoms with Crippen LogP contribution in [-0.4, -0.2) is 18.4 Å². The summed E-state index contributed by atoms with van der Waals surface area (Å²) in [5.74, 6) is 0.546. The zero-order valence-electron chi connectivity index (χ0n) is 16.8. The predicted octanol–water partition coefficient (Wildman–Crippen LogP) is 6.09. The van der Waals surface area contributed by atoms with Crippen LogP contribution < -0.4 is 15.0 Å². The van der Waals surface area contributed by atoms with E-state index in [1.807, 2.05) is 31.2 Å². The summed E-state index contributed by atoms with van der Waals surface area (Å²) >= 11 is 12.2. The number of hydrogen-bond donors (Lipinski definition) is 1. The normalized spacial score (nSPS) is 15.8. The van der Waals surface area contributed by atoms with Gasteiger partial charge in [-0.05, 0) is 61.5 Å². The second kappa shape index (κ2) is 9.00. The maximum Gasteiger partial charge on any atom is 0.229 e. The van der Waals surface area contributed by atoms with Gasteiger partial charge in [0.25, 0.3) is 0 Å². The monoisotopic (exact) mass is 454 g/mol. The maximum atomic E-state index is 12.7. The lowest BCUT2D eigenvalue weighted by Gasteiger charge is -2.18. The summed E-state index contributed by atoms with van der Waals surface area (Å²) in [4.78, 5) is 26.7. The molecule has 4 rings (SSSR count). The molecule has 5 nitrogen and oxygen atoms in total. The van der Waals surface area contributed by atoms with E-state index in [2.05, 4.69) is 5.32 Å². The Bertz CT molecular complexity index is 1110. The minimum absolute atomic E-state index is 0.114. The predicted molar refractivity (Wildman–Crippen MR) is 123 cm³/mol. The van der Waals surface area contributed by atoms with Gasteiger partial charge in [0.2, 0.25) is 11.8 Å². The molecule has 1 aliphatic heterocycles. The molecule has 0 spiro atoms. The van der Waals surface area contributed by atoms with Crippen molar-refractivity contribution in [1.82, 2.24) is 0 Å². The van der Waals surface area contributed by atoms with E-state index < -0.39 is 5.92 Å². The second-order valence-corrected chi connectivity index (χ2v) is 8.27. The maximum absolute atomic E-state index is 12.7. The number of carbonyl (C=O) groups excluding carboxylic acids is 2. The first-order chi connectivity index (χ1) is 14.9. The topological polar surface area (TPSA) is 58.6 Å². The molecule has 0 unspecified atom stereocenters. The fourth-order valence-electron chi connectivity index (χ4n) is 3.40. The van der Waals surface area contributed by atoms with Gasteiger partial charge in [0, 0.05) is 23.7 Å². The average molecular weight is 455 g/mol. The number of nitrogens with zero attached hydrogens (tertiary/aromatic N) is 1. The number of nitrogens with one attached hydrogen (secondary N) is 1. The van der Waals surface area contributed by atoms with Gasteiger partial charge >= 0.3 is 0 Å². The third-order valence-corrected chi connectivity index (χ3v) is 5.63. The molecule has 0 bridgehead atoms. The van der Waals surface area contributed by atoms with Crippen LogP contribution in [0.5, 0.6) is 11.5 Å². The van der Waals surface area contributed by atoms with E-state index in [0.717, 1.165) is 11.3 Å². The van der Waals surface area contributed by atoms with Gasteiger partial charge in [-0.2, -0.15) is 0 Å². The Morgan fingerprint density at radius 3 is 2.32 bits per heavy atom. The fraction of sp³-hybridized carbons (Fsp3) is 0.167.